The number of aryl methyl sites for hydroxylation is 1. The van der Waals surface area contributed by atoms with Crippen LogP contribution in [0.1, 0.15) is 88.2 Å². The van der Waals surface area contributed by atoms with Gasteiger partial charge in [-0.15, -0.1) is 20.4 Å². The van der Waals surface area contributed by atoms with Crippen molar-refractivity contribution in [2.45, 2.75) is 92.1 Å². The molecular formula is C52H58N18O10. The lowest BCUT2D eigenvalue weighted by Gasteiger charge is -2.18. The molecule has 0 saturated carbocycles. The summed E-state index contributed by atoms with van der Waals surface area (Å²) in [5, 5.41) is 49.4. The van der Waals surface area contributed by atoms with Crippen molar-refractivity contribution in [3.05, 3.63) is 96.1 Å². The smallest absolute Gasteiger partial charge is 0.318 e. The maximum Gasteiger partial charge on any atom is 0.318 e. The van der Waals surface area contributed by atoms with E-state index >= 15 is 0 Å². The van der Waals surface area contributed by atoms with E-state index in [1.807, 2.05) is 79.4 Å². The predicted octanol–water partition coefficient (Wildman–Crippen LogP) is 5.95. The first-order chi connectivity index (χ1) is 38.7. The van der Waals surface area contributed by atoms with Crippen LogP contribution in [0, 0.1) is 10.8 Å². The van der Waals surface area contributed by atoms with E-state index in [1.54, 1.807) is 43.3 Å². The van der Waals surface area contributed by atoms with Crippen LogP contribution in [0.4, 0.5) is 23.9 Å². The number of carboxylic acids is 1. The summed E-state index contributed by atoms with van der Waals surface area (Å²) in [6.07, 6.45) is 12.5. The Labute approximate surface area is 457 Å². The van der Waals surface area contributed by atoms with Gasteiger partial charge < -0.3 is 58.1 Å². The molecule has 10 heterocycles. The quantitative estimate of drug-likeness (QED) is 0.0835. The number of ether oxygens (including phenoxy) is 5. The van der Waals surface area contributed by atoms with Gasteiger partial charge in [0.1, 0.15) is 0 Å². The van der Waals surface area contributed by atoms with Crippen LogP contribution in [0.3, 0.4) is 0 Å². The second-order valence-electron chi connectivity index (χ2n) is 21.2. The third-order valence-corrected chi connectivity index (χ3v) is 13.8. The number of carboxylic acid groups (broad SMARTS) is 1. The minimum absolute atomic E-state index is 0.0291. The number of hydrogen-bond donors (Lipinski definition) is 3. The fourth-order valence-electron chi connectivity index (χ4n) is 8.81. The zero-order chi connectivity index (χ0) is 55.4. The molecule has 2 fully saturated rings. The zero-order valence-corrected chi connectivity index (χ0v) is 44.6. The third kappa shape index (κ3) is 12.3. The van der Waals surface area contributed by atoms with Gasteiger partial charge in [-0.25, -0.2) is 24.6 Å². The highest BCUT2D eigenvalue weighted by Crippen LogP contribution is 2.36. The molecule has 4 aliphatic rings. The molecule has 2 aromatic carbocycles. The molecule has 8 aromatic rings. The summed E-state index contributed by atoms with van der Waals surface area (Å²) in [7, 11) is 0. The van der Waals surface area contributed by atoms with Crippen LogP contribution < -0.4 is 39.4 Å². The molecule has 0 aliphatic carbocycles. The molecule has 28 nitrogen and oxygen atoms in total. The fourth-order valence-corrected chi connectivity index (χ4v) is 8.81. The van der Waals surface area contributed by atoms with E-state index in [4.69, 9.17) is 32.5 Å². The lowest BCUT2D eigenvalue weighted by Crippen LogP contribution is -2.25. The molecule has 416 valence electrons. The fraction of sp³-hybridized carbons (Fsp3) is 0.423. The van der Waals surface area contributed by atoms with Crippen molar-refractivity contribution in [3.8, 4) is 45.9 Å². The highest BCUT2D eigenvalue weighted by atomic mass is 16.7. The van der Waals surface area contributed by atoms with Crippen LogP contribution in [0.5, 0.6) is 23.0 Å². The average Bonchev–Trinajstić information content (AvgIpc) is 4.32. The van der Waals surface area contributed by atoms with Crippen molar-refractivity contribution < 1.29 is 47.2 Å². The Morgan fingerprint density at radius 1 is 0.637 bits per heavy atom. The SMILES string of the molecule is CC(C)(C)C(=O)OCn1cc(C2CCN(c3nnc(-c4cnc(NCc5ccc6c(c5)OCO6)nc4)o3)C2)nn1.CC(C)(CCn1cc(C2CCN(c3nnc(-c4cnc(NCc5ccc6c(c5)OCO6)nc4)o3)C2)nn1)C(=O)O. The number of aromatic nitrogens is 14. The van der Waals surface area contributed by atoms with Crippen molar-refractivity contribution in [3.63, 3.8) is 0 Å². The first-order valence-electron chi connectivity index (χ1n) is 25.9. The largest absolute Gasteiger partial charge is 0.481 e. The van der Waals surface area contributed by atoms with Crippen molar-refractivity contribution in [2.24, 2.45) is 10.8 Å². The van der Waals surface area contributed by atoms with E-state index in [-0.39, 0.29) is 38.1 Å². The molecule has 80 heavy (non-hydrogen) atoms. The van der Waals surface area contributed by atoms with Crippen molar-refractivity contribution >= 4 is 35.9 Å². The van der Waals surface area contributed by atoms with E-state index < -0.39 is 16.8 Å². The number of carbonyl (C=O) groups excluding carboxylic acids is 1. The van der Waals surface area contributed by atoms with E-state index in [2.05, 4.69) is 71.6 Å². The molecule has 0 radical (unpaired) electrons. The van der Waals surface area contributed by atoms with Gasteiger partial charge in [0.15, 0.2) is 29.7 Å². The number of benzene rings is 2. The lowest BCUT2D eigenvalue weighted by atomic mass is 9.90. The molecule has 0 amide bonds. The molecular weight excluding hydrogens is 1040 g/mol. The second kappa shape index (κ2) is 22.5. The van der Waals surface area contributed by atoms with Gasteiger partial charge >= 0.3 is 24.0 Å². The molecule has 2 atom stereocenters. The summed E-state index contributed by atoms with van der Waals surface area (Å²) >= 11 is 0. The molecule has 0 spiro atoms. The summed E-state index contributed by atoms with van der Waals surface area (Å²) in [4.78, 5) is 44.9. The molecule has 4 aliphatic heterocycles. The van der Waals surface area contributed by atoms with Crippen LogP contribution in [0.25, 0.3) is 22.9 Å². The van der Waals surface area contributed by atoms with Gasteiger partial charge in [0.2, 0.25) is 25.5 Å². The van der Waals surface area contributed by atoms with Crippen LogP contribution >= 0.6 is 0 Å². The maximum atomic E-state index is 12.0. The Hall–Kier alpha value is -9.50. The summed E-state index contributed by atoms with van der Waals surface area (Å²) in [6, 6.07) is 12.4. The van der Waals surface area contributed by atoms with Gasteiger partial charge in [-0.1, -0.05) is 32.8 Å². The highest BCUT2D eigenvalue weighted by molar-refractivity contribution is 5.75. The first-order valence-corrected chi connectivity index (χ1v) is 25.9. The molecule has 2 saturated heterocycles. The van der Waals surface area contributed by atoms with E-state index in [0.29, 0.717) is 86.0 Å². The normalized spacial score (nSPS) is 16.4. The maximum absolute atomic E-state index is 12.0. The second-order valence-corrected chi connectivity index (χ2v) is 21.2. The van der Waals surface area contributed by atoms with Crippen molar-refractivity contribution in [1.82, 2.24) is 70.3 Å². The number of rotatable bonds is 18. The van der Waals surface area contributed by atoms with Gasteiger partial charge in [-0.3, -0.25) is 14.3 Å². The van der Waals surface area contributed by atoms with Gasteiger partial charge in [0, 0.05) is 88.6 Å². The number of nitrogens with one attached hydrogen (secondary N) is 2. The van der Waals surface area contributed by atoms with Crippen LogP contribution in [0.15, 0.2) is 82.4 Å². The number of nitrogens with zero attached hydrogens (tertiary/aromatic N) is 16. The summed E-state index contributed by atoms with van der Waals surface area (Å²) in [5.41, 5.74) is 3.59. The molecule has 2 unspecified atom stereocenters. The Morgan fingerprint density at radius 2 is 1.11 bits per heavy atom. The third-order valence-electron chi connectivity index (χ3n) is 13.8. The number of esters is 1. The minimum atomic E-state index is -0.824. The monoisotopic (exact) mass is 1090 g/mol. The number of aliphatic carboxylic acids is 1. The molecule has 6 aromatic heterocycles. The molecule has 0 bridgehead atoms. The summed E-state index contributed by atoms with van der Waals surface area (Å²) < 4.78 is 41.9. The average molecular weight is 1100 g/mol. The predicted molar refractivity (Wildman–Crippen MR) is 281 cm³/mol. The van der Waals surface area contributed by atoms with Gasteiger partial charge in [0.25, 0.3) is 11.8 Å². The standard InChI is InChI=1S/2C26H29N9O5/c1-26(2,3)23(36)37-14-35-13-19(30-33-35)17-6-7-34(12-17)25-32-31-22(40-25)18-10-28-24(29-11-18)27-9-16-4-5-20-21(8-16)39-15-38-20;1-26(2,23(36)37)6-8-35-14-19(30-33-35)17-5-7-34(13-17)25-32-31-22(40-25)18-11-28-24(29-12-18)27-10-16-3-4-20-21(9-16)39-15-38-20/h4-5,8,10-11,13,17H,6-7,9,12,14-15H2,1-3H3,(H,27,28,29);3-4,9,11-12,14,17H,5-8,10,13,15H2,1-2H3,(H,36,37)(H,27,28,29). The van der Waals surface area contributed by atoms with Crippen LogP contribution in [-0.4, -0.2) is 127 Å². The minimum Gasteiger partial charge on any atom is -0.481 e. The number of anilines is 4. The Morgan fingerprint density at radius 3 is 1.60 bits per heavy atom. The number of hydrogen-bond acceptors (Lipinski definition) is 25. The summed E-state index contributed by atoms with van der Waals surface area (Å²) in [6.45, 7) is 13.7. The molecule has 28 heteroatoms. The Bertz CT molecular complexity index is 3450. The van der Waals surface area contributed by atoms with Crippen LogP contribution in [-0.2, 0) is 40.7 Å². The van der Waals surface area contributed by atoms with Gasteiger partial charge in [0.05, 0.1) is 39.5 Å². The van der Waals surface area contributed by atoms with Crippen molar-refractivity contribution in [2.75, 3.05) is 60.2 Å². The van der Waals surface area contributed by atoms with Gasteiger partial charge in [-0.2, -0.15) is 0 Å². The van der Waals surface area contributed by atoms with E-state index in [1.165, 1.54) is 4.68 Å². The number of carbonyl (C=O) groups is 2. The Kier molecular flexibility index (Phi) is 14.8. The van der Waals surface area contributed by atoms with E-state index in [0.717, 1.165) is 71.4 Å². The van der Waals surface area contributed by atoms with E-state index in [9.17, 15) is 14.7 Å². The first kappa shape index (κ1) is 52.5. The summed E-state index contributed by atoms with van der Waals surface area (Å²) in [5.74, 6) is 3.78. The zero-order valence-electron chi connectivity index (χ0n) is 44.6. The van der Waals surface area contributed by atoms with Crippen molar-refractivity contribution in [1.29, 1.82) is 0 Å². The molecule has 12 rings (SSSR count). The Balaban J connectivity index is 0.000000169. The lowest BCUT2D eigenvalue weighted by molar-refractivity contribution is -0.157. The number of fused-ring (bicyclic) bond motifs is 2. The van der Waals surface area contributed by atoms with Gasteiger partial charge in [-0.05, 0) is 89.3 Å². The topological polar surface area (TPSA) is 322 Å². The van der Waals surface area contributed by atoms with Crippen LogP contribution in [0.2, 0.25) is 0 Å². The highest BCUT2D eigenvalue weighted by Gasteiger charge is 2.33. The molecule has 3 N–H and O–H groups in total.